The molecular formula is C13H12FN. The van der Waals surface area contributed by atoms with E-state index in [0.717, 1.165) is 12.0 Å². The minimum Gasteiger partial charge on any atom is -0.256 e. The number of pyridine rings is 1. The molecule has 0 spiro atoms. The van der Waals surface area contributed by atoms with Crippen LogP contribution >= 0.6 is 0 Å². The van der Waals surface area contributed by atoms with E-state index in [1.807, 2.05) is 30.3 Å². The first-order chi connectivity index (χ1) is 7.31. The van der Waals surface area contributed by atoms with Gasteiger partial charge >= 0.3 is 0 Å². The zero-order valence-corrected chi connectivity index (χ0v) is 8.57. The third-order valence-corrected chi connectivity index (χ3v) is 2.38. The van der Waals surface area contributed by atoms with E-state index in [2.05, 4.69) is 11.9 Å². The van der Waals surface area contributed by atoms with Gasteiger partial charge in [-0.1, -0.05) is 19.1 Å². The van der Waals surface area contributed by atoms with E-state index in [-0.39, 0.29) is 5.82 Å². The summed E-state index contributed by atoms with van der Waals surface area (Å²) in [6, 6.07) is 10.7. The lowest BCUT2D eigenvalue weighted by Crippen LogP contribution is -1.89. The molecule has 0 saturated heterocycles. The van der Waals surface area contributed by atoms with Crippen LogP contribution in [-0.4, -0.2) is 4.98 Å². The Labute approximate surface area is 88.6 Å². The molecule has 0 amide bonds. The minimum atomic E-state index is -0.217. The molecule has 0 unspecified atom stereocenters. The molecule has 1 heterocycles. The zero-order chi connectivity index (χ0) is 10.7. The van der Waals surface area contributed by atoms with Crippen molar-refractivity contribution in [2.45, 2.75) is 13.3 Å². The Hall–Kier alpha value is -1.70. The average Bonchev–Trinajstić information content (AvgIpc) is 2.31. The molecule has 2 aromatic rings. The number of aryl methyl sites for hydroxylation is 1. The third-order valence-electron chi connectivity index (χ3n) is 2.38. The summed E-state index contributed by atoms with van der Waals surface area (Å²) in [5, 5.41) is 0. The number of halogens is 1. The van der Waals surface area contributed by atoms with Crippen LogP contribution in [0.15, 0.2) is 42.6 Å². The first-order valence-corrected chi connectivity index (χ1v) is 5.01. The van der Waals surface area contributed by atoms with E-state index in [0.29, 0.717) is 11.3 Å². The number of hydrogen-bond donors (Lipinski definition) is 0. The van der Waals surface area contributed by atoms with Gasteiger partial charge in [-0.3, -0.25) is 4.98 Å². The first kappa shape index (κ1) is 9.84. The van der Waals surface area contributed by atoms with Crippen LogP contribution in [0.25, 0.3) is 11.3 Å². The number of nitrogens with zero attached hydrogens (tertiary/aromatic N) is 1. The highest BCUT2D eigenvalue weighted by atomic mass is 19.1. The molecule has 0 saturated carbocycles. The van der Waals surface area contributed by atoms with Gasteiger partial charge in [0.15, 0.2) is 0 Å². The van der Waals surface area contributed by atoms with Crippen molar-refractivity contribution in [3.05, 3.63) is 54.0 Å². The summed E-state index contributed by atoms with van der Waals surface area (Å²) in [5.74, 6) is -0.217. The normalized spacial score (nSPS) is 10.3. The fourth-order valence-electron chi connectivity index (χ4n) is 1.51. The van der Waals surface area contributed by atoms with E-state index in [1.54, 1.807) is 6.20 Å². The smallest absolute Gasteiger partial charge is 0.132 e. The van der Waals surface area contributed by atoms with Crippen molar-refractivity contribution in [1.82, 2.24) is 4.98 Å². The van der Waals surface area contributed by atoms with Crippen LogP contribution in [0.5, 0.6) is 0 Å². The summed E-state index contributed by atoms with van der Waals surface area (Å²) < 4.78 is 13.6. The molecule has 0 bridgehead atoms. The maximum Gasteiger partial charge on any atom is 0.132 e. The van der Waals surface area contributed by atoms with E-state index < -0.39 is 0 Å². The number of rotatable bonds is 2. The molecule has 0 radical (unpaired) electrons. The van der Waals surface area contributed by atoms with Crippen molar-refractivity contribution >= 4 is 0 Å². The average molecular weight is 201 g/mol. The monoisotopic (exact) mass is 201 g/mol. The van der Waals surface area contributed by atoms with Crippen LogP contribution in [0.1, 0.15) is 12.5 Å². The fraction of sp³-hybridized carbons (Fsp3) is 0.154. The highest BCUT2D eigenvalue weighted by Crippen LogP contribution is 2.21. The SMILES string of the molecule is CCc1ccc(F)c(-c2ccccn2)c1. The van der Waals surface area contributed by atoms with E-state index in [1.165, 1.54) is 6.07 Å². The molecule has 2 heteroatoms. The minimum absolute atomic E-state index is 0.217. The quantitative estimate of drug-likeness (QED) is 0.725. The molecule has 1 aromatic carbocycles. The second-order valence-corrected chi connectivity index (χ2v) is 3.38. The Morgan fingerprint density at radius 2 is 2.07 bits per heavy atom. The van der Waals surface area contributed by atoms with Crippen molar-refractivity contribution in [2.24, 2.45) is 0 Å². The van der Waals surface area contributed by atoms with Crippen LogP contribution in [0.4, 0.5) is 4.39 Å². The largest absolute Gasteiger partial charge is 0.256 e. The maximum atomic E-state index is 13.6. The molecule has 0 aliphatic carbocycles. The third kappa shape index (κ3) is 2.04. The summed E-state index contributed by atoms with van der Waals surface area (Å²) in [4.78, 5) is 4.15. The van der Waals surface area contributed by atoms with Gasteiger partial charge in [0.2, 0.25) is 0 Å². The molecule has 0 fully saturated rings. The number of hydrogen-bond acceptors (Lipinski definition) is 1. The predicted molar refractivity (Wildman–Crippen MR) is 59.0 cm³/mol. The van der Waals surface area contributed by atoms with E-state index in [4.69, 9.17) is 0 Å². The van der Waals surface area contributed by atoms with E-state index >= 15 is 0 Å². The number of aromatic nitrogens is 1. The molecule has 2 rings (SSSR count). The highest BCUT2D eigenvalue weighted by Gasteiger charge is 2.05. The van der Waals surface area contributed by atoms with Crippen molar-refractivity contribution < 1.29 is 4.39 Å². The Balaban J connectivity index is 2.52. The van der Waals surface area contributed by atoms with Gasteiger partial charge in [0.1, 0.15) is 5.82 Å². The Morgan fingerprint density at radius 3 is 2.73 bits per heavy atom. The highest BCUT2D eigenvalue weighted by molar-refractivity contribution is 5.60. The van der Waals surface area contributed by atoms with Gasteiger partial charge in [-0.2, -0.15) is 0 Å². The van der Waals surface area contributed by atoms with Crippen molar-refractivity contribution in [3.63, 3.8) is 0 Å². The van der Waals surface area contributed by atoms with Crippen molar-refractivity contribution in [2.75, 3.05) is 0 Å². The molecule has 1 nitrogen and oxygen atoms in total. The van der Waals surface area contributed by atoms with Crippen LogP contribution in [-0.2, 0) is 6.42 Å². The first-order valence-electron chi connectivity index (χ1n) is 5.01. The van der Waals surface area contributed by atoms with E-state index in [9.17, 15) is 4.39 Å². The Morgan fingerprint density at radius 1 is 1.20 bits per heavy atom. The lowest BCUT2D eigenvalue weighted by molar-refractivity contribution is 0.630. The van der Waals surface area contributed by atoms with Crippen LogP contribution < -0.4 is 0 Å². The van der Waals surface area contributed by atoms with Crippen LogP contribution in [0, 0.1) is 5.82 Å². The topological polar surface area (TPSA) is 12.9 Å². The van der Waals surface area contributed by atoms with Gasteiger partial charge in [0.05, 0.1) is 5.69 Å². The molecule has 76 valence electrons. The molecule has 1 aromatic heterocycles. The second kappa shape index (κ2) is 4.22. The van der Waals surface area contributed by atoms with Gasteiger partial charge in [0, 0.05) is 11.8 Å². The maximum absolute atomic E-state index is 13.6. The molecule has 0 aliphatic heterocycles. The zero-order valence-electron chi connectivity index (χ0n) is 8.57. The molecule has 0 atom stereocenters. The summed E-state index contributed by atoms with van der Waals surface area (Å²) in [6.45, 7) is 2.05. The Kier molecular flexibility index (Phi) is 2.77. The molecular weight excluding hydrogens is 189 g/mol. The number of benzene rings is 1. The predicted octanol–water partition coefficient (Wildman–Crippen LogP) is 3.45. The van der Waals surface area contributed by atoms with Gasteiger partial charge in [-0.15, -0.1) is 0 Å². The Bertz CT molecular complexity index is 451. The summed E-state index contributed by atoms with van der Waals surface area (Å²) in [6.07, 6.45) is 2.58. The summed E-state index contributed by atoms with van der Waals surface area (Å²) >= 11 is 0. The van der Waals surface area contributed by atoms with Gasteiger partial charge in [-0.05, 0) is 36.2 Å². The summed E-state index contributed by atoms with van der Waals surface area (Å²) in [5.41, 5.74) is 2.39. The molecule has 0 N–H and O–H groups in total. The summed E-state index contributed by atoms with van der Waals surface area (Å²) in [7, 11) is 0. The fourth-order valence-corrected chi connectivity index (χ4v) is 1.51. The standard InChI is InChI=1S/C13H12FN/c1-2-10-6-7-12(14)11(9-10)13-5-3-4-8-15-13/h3-9H,2H2,1H3. The molecule has 15 heavy (non-hydrogen) atoms. The van der Waals surface area contributed by atoms with Crippen molar-refractivity contribution in [3.8, 4) is 11.3 Å². The van der Waals surface area contributed by atoms with Crippen LogP contribution in [0.2, 0.25) is 0 Å². The molecule has 0 aliphatic rings. The lowest BCUT2D eigenvalue weighted by Gasteiger charge is -2.04. The van der Waals surface area contributed by atoms with Gasteiger partial charge in [0.25, 0.3) is 0 Å². The second-order valence-electron chi connectivity index (χ2n) is 3.38. The van der Waals surface area contributed by atoms with Crippen LogP contribution in [0.3, 0.4) is 0 Å². The van der Waals surface area contributed by atoms with Gasteiger partial charge < -0.3 is 0 Å². The van der Waals surface area contributed by atoms with Gasteiger partial charge in [-0.25, -0.2) is 4.39 Å². The lowest BCUT2D eigenvalue weighted by atomic mass is 10.1. The van der Waals surface area contributed by atoms with Crippen molar-refractivity contribution in [1.29, 1.82) is 0 Å².